The Morgan fingerprint density at radius 3 is 2.79 bits per heavy atom. The molecule has 0 saturated carbocycles. The maximum absolute atomic E-state index is 12.1. The molecule has 3 heteroatoms. The lowest BCUT2D eigenvalue weighted by Crippen LogP contribution is -2.07. The van der Waals surface area contributed by atoms with E-state index in [4.69, 9.17) is 4.74 Å². The quantitative estimate of drug-likeness (QED) is 0.692. The van der Waals surface area contributed by atoms with Gasteiger partial charge in [0.25, 0.3) is 0 Å². The van der Waals surface area contributed by atoms with E-state index in [0.29, 0.717) is 11.3 Å². The van der Waals surface area contributed by atoms with Crippen molar-refractivity contribution in [2.24, 2.45) is 0 Å². The molecule has 0 aliphatic carbocycles. The van der Waals surface area contributed by atoms with Crippen molar-refractivity contribution in [2.45, 2.75) is 20.0 Å². The molecule has 76 valence electrons. The molecule has 0 spiro atoms. The molecule has 0 fully saturated rings. The molecule has 0 saturated heterocycles. The maximum atomic E-state index is 12.1. The molecule has 0 aliphatic heterocycles. The third kappa shape index (κ3) is 2.83. The molecule has 0 bridgehead atoms. The molecule has 0 unspecified atom stereocenters. The second-order valence-corrected chi connectivity index (χ2v) is 3.25. The highest BCUT2D eigenvalue weighted by molar-refractivity contribution is 5.97. The number of ether oxygens (including phenoxy) is 1. The number of alkyl halides is 1. The number of hydrogen-bond donors (Lipinski definition) is 0. The van der Waals surface area contributed by atoms with Crippen molar-refractivity contribution < 1.29 is 13.9 Å². The summed E-state index contributed by atoms with van der Waals surface area (Å²) in [5.74, 6) is 0.0820. The number of carbonyl (C=O) groups is 1. The monoisotopic (exact) mass is 196 g/mol. The highest BCUT2D eigenvalue weighted by Crippen LogP contribution is 2.15. The van der Waals surface area contributed by atoms with Gasteiger partial charge in [-0.05, 0) is 26.0 Å². The van der Waals surface area contributed by atoms with Crippen LogP contribution in [0, 0.1) is 0 Å². The molecule has 0 aromatic heterocycles. The summed E-state index contributed by atoms with van der Waals surface area (Å²) in [6.07, 6.45) is 0.0470. The molecule has 0 atom stereocenters. The van der Waals surface area contributed by atoms with E-state index in [1.807, 2.05) is 13.8 Å². The Balaban J connectivity index is 2.84. The Labute approximate surface area is 82.7 Å². The minimum absolute atomic E-state index is 0.0470. The number of hydrogen-bond acceptors (Lipinski definition) is 2. The lowest BCUT2D eigenvalue weighted by molar-refractivity contribution is 0.0958. The molecule has 0 radical (unpaired) electrons. The smallest absolute Gasteiger partial charge is 0.193 e. The maximum Gasteiger partial charge on any atom is 0.193 e. The highest BCUT2D eigenvalue weighted by atomic mass is 19.1. The van der Waals surface area contributed by atoms with Crippen LogP contribution in [0.5, 0.6) is 5.75 Å². The SMILES string of the molecule is CC(C)Oc1cccc(C(=O)CF)c1. The van der Waals surface area contributed by atoms with E-state index < -0.39 is 12.5 Å². The average Bonchev–Trinajstić information content (AvgIpc) is 2.16. The number of halogens is 1. The van der Waals surface area contributed by atoms with Crippen molar-refractivity contribution in [1.82, 2.24) is 0 Å². The predicted molar refractivity (Wildman–Crippen MR) is 52.5 cm³/mol. The Kier molecular flexibility index (Phi) is 3.63. The van der Waals surface area contributed by atoms with Crippen LogP contribution in [0.1, 0.15) is 24.2 Å². The van der Waals surface area contributed by atoms with Gasteiger partial charge in [-0.2, -0.15) is 0 Å². The minimum atomic E-state index is -0.967. The lowest BCUT2D eigenvalue weighted by Gasteiger charge is -2.09. The van der Waals surface area contributed by atoms with Crippen molar-refractivity contribution in [1.29, 1.82) is 0 Å². The summed E-state index contributed by atoms with van der Waals surface area (Å²) in [6, 6.07) is 6.56. The van der Waals surface area contributed by atoms with E-state index in [0.717, 1.165) is 0 Å². The standard InChI is InChI=1S/C11H13FO2/c1-8(2)14-10-5-3-4-9(6-10)11(13)7-12/h3-6,8H,7H2,1-2H3. The van der Waals surface area contributed by atoms with Crippen LogP contribution >= 0.6 is 0 Å². The van der Waals surface area contributed by atoms with Gasteiger partial charge in [0.2, 0.25) is 0 Å². The second kappa shape index (κ2) is 4.74. The Morgan fingerprint density at radius 2 is 2.21 bits per heavy atom. The predicted octanol–water partition coefficient (Wildman–Crippen LogP) is 2.63. The van der Waals surface area contributed by atoms with Crippen molar-refractivity contribution >= 4 is 5.78 Å². The van der Waals surface area contributed by atoms with Crippen LogP contribution in [0.3, 0.4) is 0 Å². The van der Waals surface area contributed by atoms with Crippen molar-refractivity contribution in [3.05, 3.63) is 29.8 Å². The van der Waals surface area contributed by atoms with E-state index in [-0.39, 0.29) is 6.10 Å². The summed E-state index contributed by atoms with van der Waals surface area (Å²) < 4.78 is 17.5. The Morgan fingerprint density at radius 1 is 1.50 bits per heavy atom. The van der Waals surface area contributed by atoms with E-state index >= 15 is 0 Å². The van der Waals surface area contributed by atoms with Crippen molar-refractivity contribution in [3.63, 3.8) is 0 Å². The van der Waals surface area contributed by atoms with Crippen LogP contribution in [-0.2, 0) is 0 Å². The fourth-order valence-corrected chi connectivity index (χ4v) is 1.09. The van der Waals surface area contributed by atoms with E-state index in [9.17, 15) is 9.18 Å². The first-order valence-corrected chi connectivity index (χ1v) is 4.49. The summed E-state index contributed by atoms with van der Waals surface area (Å²) in [7, 11) is 0. The van der Waals surface area contributed by atoms with E-state index in [1.165, 1.54) is 0 Å². The normalized spacial score (nSPS) is 10.3. The van der Waals surface area contributed by atoms with Gasteiger partial charge in [0.15, 0.2) is 12.5 Å². The zero-order valence-electron chi connectivity index (χ0n) is 8.29. The first-order chi connectivity index (χ1) is 6.63. The topological polar surface area (TPSA) is 26.3 Å². The molecule has 2 nitrogen and oxygen atoms in total. The minimum Gasteiger partial charge on any atom is -0.491 e. The molecule has 1 aromatic rings. The molecule has 0 amide bonds. The largest absolute Gasteiger partial charge is 0.491 e. The molecule has 14 heavy (non-hydrogen) atoms. The number of Topliss-reactive ketones (excluding diaryl/α,β-unsaturated/α-hetero) is 1. The molecule has 0 aliphatic rings. The van der Waals surface area contributed by atoms with Crippen molar-refractivity contribution in [2.75, 3.05) is 6.67 Å². The molecular formula is C11H13FO2. The fourth-order valence-electron chi connectivity index (χ4n) is 1.09. The number of carbonyl (C=O) groups excluding carboxylic acids is 1. The Bertz CT molecular complexity index is 321. The summed E-state index contributed by atoms with van der Waals surface area (Å²) in [5.41, 5.74) is 0.352. The summed E-state index contributed by atoms with van der Waals surface area (Å²) in [5, 5.41) is 0. The van der Waals surface area contributed by atoms with E-state index in [1.54, 1.807) is 24.3 Å². The van der Waals surface area contributed by atoms with E-state index in [2.05, 4.69) is 0 Å². The van der Waals surface area contributed by atoms with Gasteiger partial charge in [-0.15, -0.1) is 0 Å². The number of ketones is 1. The molecule has 0 heterocycles. The van der Waals surface area contributed by atoms with Gasteiger partial charge in [0, 0.05) is 5.56 Å². The van der Waals surface area contributed by atoms with Gasteiger partial charge in [0.05, 0.1) is 6.10 Å². The lowest BCUT2D eigenvalue weighted by atomic mass is 10.1. The summed E-state index contributed by atoms with van der Waals surface area (Å²) >= 11 is 0. The zero-order valence-corrected chi connectivity index (χ0v) is 8.29. The Hall–Kier alpha value is -1.38. The first kappa shape index (κ1) is 10.7. The fraction of sp³-hybridized carbons (Fsp3) is 0.364. The highest BCUT2D eigenvalue weighted by Gasteiger charge is 2.06. The van der Waals surface area contributed by atoms with Gasteiger partial charge in [-0.25, -0.2) is 4.39 Å². The van der Waals surface area contributed by atoms with Crippen molar-refractivity contribution in [3.8, 4) is 5.75 Å². The van der Waals surface area contributed by atoms with Crippen LogP contribution in [0.25, 0.3) is 0 Å². The van der Waals surface area contributed by atoms with Crippen LogP contribution < -0.4 is 4.74 Å². The molecular weight excluding hydrogens is 183 g/mol. The van der Waals surface area contributed by atoms with Gasteiger partial charge in [-0.1, -0.05) is 12.1 Å². The summed E-state index contributed by atoms with van der Waals surface area (Å²) in [4.78, 5) is 11.0. The zero-order chi connectivity index (χ0) is 10.6. The molecule has 1 aromatic carbocycles. The third-order valence-corrected chi connectivity index (χ3v) is 1.65. The number of rotatable bonds is 4. The molecule has 0 N–H and O–H groups in total. The first-order valence-electron chi connectivity index (χ1n) is 4.49. The van der Waals surface area contributed by atoms with Gasteiger partial charge in [0.1, 0.15) is 5.75 Å². The number of benzene rings is 1. The van der Waals surface area contributed by atoms with Crippen LogP contribution in [-0.4, -0.2) is 18.6 Å². The second-order valence-electron chi connectivity index (χ2n) is 3.25. The van der Waals surface area contributed by atoms with Gasteiger partial charge in [-0.3, -0.25) is 4.79 Å². The summed E-state index contributed by atoms with van der Waals surface area (Å²) in [6.45, 7) is 2.82. The molecule has 1 rings (SSSR count). The third-order valence-electron chi connectivity index (χ3n) is 1.65. The van der Waals surface area contributed by atoms with Crippen LogP contribution in [0.4, 0.5) is 4.39 Å². The van der Waals surface area contributed by atoms with Crippen LogP contribution in [0.15, 0.2) is 24.3 Å². The average molecular weight is 196 g/mol. The van der Waals surface area contributed by atoms with Gasteiger partial charge >= 0.3 is 0 Å². The van der Waals surface area contributed by atoms with Gasteiger partial charge < -0.3 is 4.74 Å². The van der Waals surface area contributed by atoms with Crippen LogP contribution in [0.2, 0.25) is 0 Å².